The maximum atomic E-state index is 13.0. The fourth-order valence-electron chi connectivity index (χ4n) is 5.71. The zero-order valence-electron chi connectivity index (χ0n) is 28.2. The van der Waals surface area contributed by atoms with Gasteiger partial charge in [0.2, 0.25) is 0 Å². The average molecular weight is 771 g/mol. The molecule has 0 saturated carbocycles. The van der Waals surface area contributed by atoms with Crippen molar-refractivity contribution in [3.8, 4) is 11.5 Å². The minimum absolute atomic E-state index is 0.0328. The van der Waals surface area contributed by atoms with Gasteiger partial charge in [0.25, 0.3) is 32.1 Å². The lowest BCUT2D eigenvalue weighted by atomic mass is 10.1. The second kappa shape index (κ2) is 14.1. The average Bonchev–Trinajstić information content (AvgIpc) is 3.09. The first-order valence-corrected chi connectivity index (χ1v) is 18.7. The molecule has 15 nitrogen and oxygen atoms in total. The first-order valence-electron chi connectivity index (χ1n) is 15.8. The number of carbonyl (C=O) groups excluding carboxylic acids is 3. The van der Waals surface area contributed by atoms with Crippen LogP contribution in [-0.4, -0.2) is 54.0 Å². The molecular formula is C37H30N4O11S2. The van der Waals surface area contributed by atoms with Crippen LogP contribution < -0.4 is 21.3 Å². The van der Waals surface area contributed by atoms with Crippen LogP contribution in [0.1, 0.15) is 31.8 Å². The van der Waals surface area contributed by atoms with Crippen molar-refractivity contribution >= 4 is 82.4 Å². The van der Waals surface area contributed by atoms with Crippen LogP contribution in [0, 0.1) is 13.8 Å². The third kappa shape index (κ3) is 7.79. The van der Waals surface area contributed by atoms with Crippen molar-refractivity contribution in [3.63, 3.8) is 0 Å². The van der Waals surface area contributed by atoms with Crippen molar-refractivity contribution in [2.24, 2.45) is 0 Å². The van der Waals surface area contributed by atoms with Gasteiger partial charge in [-0.3, -0.25) is 29.3 Å². The van der Waals surface area contributed by atoms with Crippen molar-refractivity contribution in [1.82, 2.24) is 10.6 Å². The monoisotopic (exact) mass is 770 g/mol. The van der Waals surface area contributed by atoms with Crippen molar-refractivity contribution < 1.29 is 50.5 Å². The predicted molar refractivity (Wildman–Crippen MR) is 200 cm³/mol. The van der Waals surface area contributed by atoms with Crippen LogP contribution in [-0.2, 0) is 20.2 Å². The Hall–Kier alpha value is -6.53. The highest BCUT2D eigenvalue weighted by Crippen LogP contribution is 2.35. The van der Waals surface area contributed by atoms with E-state index in [4.69, 9.17) is 0 Å². The van der Waals surface area contributed by atoms with Crippen LogP contribution in [0.15, 0.2) is 107 Å². The quantitative estimate of drug-likeness (QED) is 0.0795. The third-order valence-electron chi connectivity index (χ3n) is 8.47. The van der Waals surface area contributed by atoms with Gasteiger partial charge < -0.3 is 20.8 Å². The predicted octanol–water partition coefficient (Wildman–Crippen LogP) is 6.28. The molecule has 0 fully saturated rings. The molecule has 4 amide bonds. The Bertz CT molecular complexity index is 2600. The smallest absolute Gasteiger partial charge is 0.328 e. The maximum Gasteiger partial charge on any atom is 0.328 e. The van der Waals surface area contributed by atoms with Crippen LogP contribution in [0.4, 0.5) is 27.5 Å². The van der Waals surface area contributed by atoms with Crippen LogP contribution in [0.3, 0.4) is 0 Å². The number of anilines is 4. The number of phenols is 2. The topological polar surface area (TPSA) is 249 Å². The molecule has 0 atom stereocenters. The normalized spacial score (nSPS) is 11.6. The van der Waals surface area contributed by atoms with Crippen molar-refractivity contribution in [2.75, 3.05) is 10.6 Å². The molecule has 6 aromatic rings. The number of hydrogen-bond acceptors (Lipinski definition) is 11. The second-order valence-corrected chi connectivity index (χ2v) is 15.0. The number of amides is 4. The molecular weight excluding hydrogens is 741 g/mol. The fourth-order valence-corrected chi connectivity index (χ4v) is 7.08. The molecule has 0 saturated heterocycles. The zero-order chi connectivity index (χ0) is 39.1. The van der Waals surface area contributed by atoms with E-state index >= 15 is 0 Å². The van der Waals surface area contributed by atoms with Gasteiger partial charge in [-0.15, -0.1) is 0 Å². The Morgan fingerprint density at radius 2 is 0.889 bits per heavy atom. The van der Waals surface area contributed by atoms with Gasteiger partial charge in [-0.05, 0) is 110 Å². The lowest BCUT2D eigenvalue weighted by Crippen LogP contribution is -2.42. The van der Waals surface area contributed by atoms with Gasteiger partial charge in [-0.1, -0.05) is 12.1 Å². The highest BCUT2D eigenvalue weighted by atomic mass is 32.2. The minimum Gasteiger partial charge on any atom is -0.507 e. The van der Waals surface area contributed by atoms with Crippen LogP contribution in [0.25, 0.3) is 21.5 Å². The molecule has 0 spiro atoms. The molecule has 0 aromatic heterocycles. The summed E-state index contributed by atoms with van der Waals surface area (Å²) in [6, 6.07) is 21.1. The van der Waals surface area contributed by atoms with Gasteiger partial charge in [0.1, 0.15) is 21.3 Å². The molecule has 54 heavy (non-hydrogen) atoms. The number of phenolic OH excluding ortho intramolecular Hbond substituents is 2. The van der Waals surface area contributed by atoms with Gasteiger partial charge >= 0.3 is 6.03 Å². The summed E-state index contributed by atoms with van der Waals surface area (Å²) >= 11 is 0. The van der Waals surface area contributed by atoms with Crippen LogP contribution in [0.5, 0.6) is 11.5 Å². The molecule has 0 radical (unpaired) electrons. The summed E-state index contributed by atoms with van der Waals surface area (Å²) in [4.78, 5) is 38.0. The van der Waals surface area contributed by atoms with Crippen molar-refractivity contribution in [2.45, 2.75) is 23.6 Å². The summed E-state index contributed by atoms with van der Waals surface area (Å²) in [5.74, 6) is -2.09. The first-order chi connectivity index (χ1) is 25.4. The minimum atomic E-state index is -4.62. The van der Waals surface area contributed by atoms with E-state index in [0.29, 0.717) is 33.9 Å². The van der Waals surface area contributed by atoms with E-state index < -0.39 is 47.9 Å². The van der Waals surface area contributed by atoms with E-state index in [-0.39, 0.29) is 44.2 Å². The van der Waals surface area contributed by atoms with Gasteiger partial charge in [0.05, 0.1) is 0 Å². The van der Waals surface area contributed by atoms with E-state index in [0.717, 1.165) is 24.3 Å². The summed E-state index contributed by atoms with van der Waals surface area (Å²) in [5.41, 5.74) is 2.93. The zero-order valence-corrected chi connectivity index (χ0v) is 29.8. The molecule has 0 heterocycles. The van der Waals surface area contributed by atoms with Gasteiger partial charge in [0, 0.05) is 55.4 Å². The largest absolute Gasteiger partial charge is 0.507 e. The number of benzene rings is 6. The summed E-state index contributed by atoms with van der Waals surface area (Å²) in [6.45, 7) is 3.47. The Kier molecular flexibility index (Phi) is 9.74. The summed E-state index contributed by atoms with van der Waals surface area (Å²) in [5, 5.41) is 31.2. The maximum absolute atomic E-state index is 13.0. The lowest BCUT2D eigenvalue weighted by molar-refractivity contribution is 0.0944. The molecule has 17 heteroatoms. The molecule has 0 aliphatic rings. The number of aromatic hydroxyl groups is 2. The Morgan fingerprint density at radius 1 is 0.500 bits per heavy atom. The van der Waals surface area contributed by atoms with E-state index in [2.05, 4.69) is 21.3 Å². The fraction of sp³-hybridized carbons (Fsp3) is 0.0541. The highest BCUT2D eigenvalue weighted by Gasteiger charge is 2.20. The van der Waals surface area contributed by atoms with Gasteiger partial charge in [-0.2, -0.15) is 16.8 Å². The number of imide groups is 2. The molecule has 8 N–H and O–H groups in total. The second-order valence-electron chi connectivity index (χ2n) is 12.2. The van der Waals surface area contributed by atoms with Gasteiger partial charge in [0.15, 0.2) is 0 Å². The van der Waals surface area contributed by atoms with Crippen molar-refractivity contribution in [1.29, 1.82) is 0 Å². The molecule has 6 aromatic carbocycles. The van der Waals surface area contributed by atoms with Gasteiger partial charge in [-0.25, -0.2) is 4.79 Å². The summed E-state index contributed by atoms with van der Waals surface area (Å²) in [6.07, 6.45) is 0. The van der Waals surface area contributed by atoms with E-state index in [1.807, 2.05) is 0 Å². The number of aryl methyl sites for hydroxylation is 2. The molecule has 0 bridgehead atoms. The molecule has 0 aliphatic heterocycles. The Balaban J connectivity index is 1.15. The number of hydrogen-bond donors (Lipinski definition) is 8. The number of nitrogens with one attached hydrogen (secondary N) is 4. The van der Waals surface area contributed by atoms with Crippen molar-refractivity contribution in [3.05, 3.63) is 119 Å². The third-order valence-corrected chi connectivity index (χ3v) is 10.3. The molecule has 0 aliphatic carbocycles. The Labute approximate surface area is 307 Å². The summed E-state index contributed by atoms with van der Waals surface area (Å²) in [7, 11) is -9.24. The van der Waals surface area contributed by atoms with Crippen LogP contribution >= 0.6 is 0 Å². The first kappa shape index (κ1) is 37.2. The SMILES string of the molecule is Cc1ccc(C(=O)NC(=O)NC(=O)c2ccc(C)c(Nc3ccc4c(O)ccc(S(=O)(=O)O)c4c3)c2)cc1Nc1ccc2c(O)ccc(S(=O)(=O)O)c2c1. The number of rotatable bonds is 8. The molecule has 276 valence electrons. The number of urea groups is 1. The number of fused-ring (bicyclic) bond motifs is 2. The molecule has 6 rings (SSSR count). The van der Waals surface area contributed by atoms with E-state index in [1.54, 1.807) is 38.1 Å². The standard InChI is InChI=1S/C37H30N4O11S2/c1-19-3-5-21(15-29(19)38-23-7-9-25-27(17-23)33(53(47,48)49)13-11-31(25)42)35(44)40-37(46)41-36(45)22-6-4-20(2)30(16-22)39-24-8-10-26-28(18-24)34(54(50,51)52)14-12-32(26)43/h3-18,38-39,42-43H,1-2H3,(H,47,48,49)(H,50,51,52)(H2,40,41,44,45,46). The highest BCUT2D eigenvalue weighted by molar-refractivity contribution is 7.86. The van der Waals surface area contributed by atoms with E-state index in [1.165, 1.54) is 48.5 Å². The number of carbonyl (C=O) groups is 3. The van der Waals surface area contributed by atoms with Crippen LogP contribution in [0.2, 0.25) is 0 Å². The Morgan fingerprint density at radius 3 is 1.26 bits per heavy atom. The summed E-state index contributed by atoms with van der Waals surface area (Å²) < 4.78 is 67.1. The lowest BCUT2D eigenvalue weighted by Gasteiger charge is -2.14. The van der Waals surface area contributed by atoms with E-state index in [9.17, 15) is 50.5 Å². The molecule has 0 unspecified atom stereocenters.